The molecule has 0 amide bonds. The highest BCUT2D eigenvalue weighted by molar-refractivity contribution is 5.86. The zero-order valence-corrected chi connectivity index (χ0v) is 7.55. The normalized spacial score (nSPS) is 9.50. The van der Waals surface area contributed by atoms with Crippen LogP contribution in [0.2, 0.25) is 0 Å². The van der Waals surface area contributed by atoms with Gasteiger partial charge in [0.05, 0.1) is 0 Å². The highest BCUT2D eigenvalue weighted by Gasteiger charge is 2.01. The molecule has 0 aliphatic heterocycles. The van der Waals surface area contributed by atoms with Crippen molar-refractivity contribution in [3.63, 3.8) is 0 Å². The summed E-state index contributed by atoms with van der Waals surface area (Å²) in [5, 5.41) is 0. The molecule has 0 aromatic heterocycles. The Morgan fingerprint density at radius 1 is 1.50 bits per heavy atom. The predicted molar refractivity (Wildman–Crippen MR) is 45.4 cm³/mol. The van der Waals surface area contributed by atoms with Crippen LogP contribution in [0.4, 0.5) is 0 Å². The zero-order chi connectivity index (χ0) is 9.40. The van der Waals surface area contributed by atoms with Gasteiger partial charge in [0.2, 0.25) is 0 Å². The summed E-state index contributed by atoms with van der Waals surface area (Å²) >= 11 is 0. The van der Waals surface area contributed by atoms with Gasteiger partial charge in [-0.25, -0.2) is 10.3 Å². The summed E-state index contributed by atoms with van der Waals surface area (Å²) in [6, 6.07) is 0. The molecule has 0 aliphatic rings. The van der Waals surface area contributed by atoms with Crippen molar-refractivity contribution in [2.75, 3.05) is 19.8 Å². The first-order valence-electron chi connectivity index (χ1n) is 3.85. The third kappa shape index (κ3) is 5.88. The van der Waals surface area contributed by atoms with Crippen LogP contribution in [0.3, 0.4) is 0 Å². The molecular formula is C8H15NO3. The maximum Gasteiger partial charge on any atom is 0.333 e. The summed E-state index contributed by atoms with van der Waals surface area (Å²) in [5.41, 5.74) is 3.04. The second-order valence-corrected chi connectivity index (χ2v) is 2.26. The molecule has 0 fully saturated rings. The summed E-state index contributed by atoms with van der Waals surface area (Å²) < 4.78 is 4.75. The number of ether oxygens (including phenoxy) is 1. The number of rotatable bonds is 6. The first-order chi connectivity index (χ1) is 5.68. The first-order valence-corrected chi connectivity index (χ1v) is 3.85. The van der Waals surface area contributed by atoms with Crippen molar-refractivity contribution < 1.29 is 14.4 Å². The maximum absolute atomic E-state index is 10.8. The number of nitrogens with one attached hydrogen (secondary N) is 1. The summed E-state index contributed by atoms with van der Waals surface area (Å²) in [6.45, 7) is 8.29. The lowest BCUT2D eigenvalue weighted by atomic mass is 10.4. The number of hydroxylamine groups is 1. The van der Waals surface area contributed by atoms with Crippen LogP contribution in [-0.4, -0.2) is 25.7 Å². The zero-order valence-electron chi connectivity index (χ0n) is 7.55. The molecule has 4 heteroatoms. The fourth-order valence-corrected chi connectivity index (χ4v) is 0.473. The molecule has 0 spiro atoms. The van der Waals surface area contributed by atoms with Gasteiger partial charge in [0.25, 0.3) is 0 Å². The Bertz CT molecular complexity index is 156. The highest BCUT2D eigenvalue weighted by Crippen LogP contribution is 1.90. The van der Waals surface area contributed by atoms with E-state index < -0.39 is 0 Å². The molecule has 0 aromatic carbocycles. The van der Waals surface area contributed by atoms with Crippen molar-refractivity contribution in [2.45, 2.75) is 13.8 Å². The summed E-state index contributed by atoms with van der Waals surface area (Å²) in [7, 11) is 0. The van der Waals surface area contributed by atoms with Gasteiger partial charge in [-0.05, 0) is 6.92 Å². The Balaban J connectivity index is 3.20. The van der Waals surface area contributed by atoms with Crippen LogP contribution in [-0.2, 0) is 14.4 Å². The summed E-state index contributed by atoms with van der Waals surface area (Å²) in [6.07, 6.45) is 0. The monoisotopic (exact) mass is 173 g/mol. The number of esters is 1. The SMILES string of the molecule is C=C(C)C(=O)OCCONCC. The van der Waals surface area contributed by atoms with Crippen molar-refractivity contribution >= 4 is 5.97 Å². The lowest BCUT2D eigenvalue weighted by molar-refractivity contribution is -0.141. The Morgan fingerprint density at radius 3 is 2.67 bits per heavy atom. The van der Waals surface area contributed by atoms with Gasteiger partial charge in [0, 0.05) is 12.1 Å². The molecule has 0 atom stereocenters. The average molecular weight is 173 g/mol. The highest BCUT2D eigenvalue weighted by atomic mass is 16.7. The Hall–Kier alpha value is -0.870. The van der Waals surface area contributed by atoms with Crippen LogP contribution < -0.4 is 5.48 Å². The van der Waals surface area contributed by atoms with Crippen LogP contribution in [0.1, 0.15) is 13.8 Å². The smallest absolute Gasteiger partial charge is 0.333 e. The molecule has 12 heavy (non-hydrogen) atoms. The molecule has 0 heterocycles. The summed E-state index contributed by atoms with van der Waals surface area (Å²) in [5.74, 6) is -0.380. The number of hydrogen-bond donors (Lipinski definition) is 1. The van der Waals surface area contributed by atoms with E-state index >= 15 is 0 Å². The van der Waals surface area contributed by atoms with E-state index in [9.17, 15) is 4.79 Å². The maximum atomic E-state index is 10.8. The Morgan fingerprint density at radius 2 is 2.17 bits per heavy atom. The van der Waals surface area contributed by atoms with Crippen molar-refractivity contribution in [3.05, 3.63) is 12.2 Å². The van der Waals surface area contributed by atoms with Crippen LogP contribution in [0.15, 0.2) is 12.2 Å². The molecule has 1 N–H and O–H groups in total. The summed E-state index contributed by atoms with van der Waals surface area (Å²) in [4.78, 5) is 15.6. The minimum atomic E-state index is -0.380. The molecule has 0 radical (unpaired) electrons. The molecule has 0 aromatic rings. The van der Waals surface area contributed by atoms with Crippen LogP contribution in [0.25, 0.3) is 0 Å². The van der Waals surface area contributed by atoms with Gasteiger partial charge < -0.3 is 4.74 Å². The Kier molecular flexibility index (Phi) is 6.32. The topological polar surface area (TPSA) is 47.6 Å². The Labute approximate surface area is 72.5 Å². The van der Waals surface area contributed by atoms with Crippen LogP contribution in [0, 0.1) is 0 Å². The number of hydrogen-bond acceptors (Lipinski definition) is 4. The van der Waals surface area contributed by atoms with E-state index in [2.05, 4.69) is 12.1 Å². The van der Waals surface area contributed by atoms with Gasteiger partial charge in [-0.1, -0.05) is 13.5 Å². The standard InChI is InChI=1S/C8H15NO3/c1-4-9-12-6-5-11-8(10)7(2)3/h9H,2,4-6H2,1,3H3. The van der Waals surface area contributed by atoms with Crippen LogP contribution >= 0.6 is 0 Å². The third-order valence-electron chi connectivity index (χ3n) is 1.01. The van der Waals surface area contributed by atoms with E-state index in [0.717, 1.165) is 6.54 Å². The van der Waals surface area contributed by atoms with Crippen molar-refractivity contribution in [2.24, 2.45) is 0 Å². The predicted octanol–water partition coefficient (Wildman–Crippen LogP) is 0.647. The van der Waals surface area contributed by atoms with Gasteiger partial charge in [0.15, 0.2) is 0 Å². The van der Waals surface area contributed by atoms with E-state index in [1.54, 1.807) is 6.92 Å². The van der Waals surface area contributed by atoms with Gasteiger partial charge in [-0.2, -0.15) is 0 Å². The molecule has 0 unspecified atom stereocenters. The lowest BCUT2D eigenvalue weighted by Gasteiger charge is -2.04. The molecular weight excluding hydrogens is 158 g/mol. The number of carbonyl (C=O) groups excluding carboxylic acids is 1. The van der Waals surface area contributed by atoms with E-state index in [4.69, 9.17) is 9.57 Å². The fraction of sp³-hybridized carbons (Fsp3) is 0.625. The lowest BCUT2D eigenvalue weighted by Crippen LogP contribution is -2.18. The molecule has 70 valence electrons. The second-order valence-electron chi connectivity index (χ2n) is 2.26. The average Bonchev–Trinajstić information content (AvgIpc) is 2.03. The molecule has 0 saturated heterocycles. The van der Waals surface area contributed by atoms with E-state index in [-0.39, 0.29) is 12.6 Å². The van der Waals surface area contributed by atoms with E-state index in [0.29, 0.717) is 12.2 Å². The van der Waals surface area contributed by atoms with Gasteiger partial charge in [-0.15, -0.1) is 0 Å². The number of carbonyl (C=O) groups is 1. The van der Waals surface area contributed by atoms with Gasteiger partial charge in [-0.3, -0.25) is 4.84 Å². The van der Waals surface area contributed by atoms with Crippen molar-refractivity contribution in [3.8, 4) is 0 Å². The molecule has 0 aliphatic carbocycles. The minimum absolute atomic E-state index is 0.249. The second kappa shape index (κ2) is 6.82. The first kappa shape index (κ1) is 11.1. The molecule has 0 bridgehead atoms. The van der Waals surface area contributed by atoms with Gasteiger partial charge >= 0.3 is 5.97 Å². The molecule has 4 nitrogen and oxygen atoms in total. The van der Waals surface area contributed by atoms with Crippen molar-refractivity contribution in [1.29, 1.82) is 0 Å². The quantitative estimate of drug-likeness (QED) is 0.277. The fourth-order valence-electron chi connectivity index (χ4n) is 0.473. The molecule has 0 saturated carbocycles. The van der Waals surface area contributed by atoms with E-state index in [1.165, 1.54) is 0 Å². The minimum Gasteiger partial charge on any atom is -0.460 e. The van der Waals surface area contributed by atoms with Gasteiger partial charge in [0.1, 0.15) is 13.2 Å². The largest absolute Gasteiger partial charge is 0.460 e. The third-order valence-corrected chi connectivity index (χ3v) is 1.01. The van der Waals surface area contributed by atoms with Crippen LogP contribution in [0.5, 0.6) is 0 Å². The van der Waals surface area contributed by atoms with E-state index in [1.807, 2.05) is 6.92 Å². The van der Waals surface area contributed by atoms with Crippen molar-refractivity contribution in [1.82, 2.24) is 5.48 Å². The molecule has 0 rings (SSSR count).